The van der Waals surface area contributed by atoms with Crippen molar-refractivity contribution >= 4 is 17.8 Å². The van der Waals surface area contributed by atoms with Crippen molar-refractivity contribution in [2.75, 3.05) is 23.3 Å². The van der Waals surface area contributed by atoms with Gasteiger partial charge >= 0.3 is 0 Å². The highest BCUT2D eigenvalue weighted by atomic mass is 15.2. The molecule has 4 aliphatic carbocycles. The average molecular weight is 274 g/mol. The van der Waals surface area contributed by atoms with Gasteiger partial charge in [-0.2, -0.15) is 15.0 Å². The summed E-state index contributed by atoms with van der Waals surface area (Å²) >= 11 is 0. The quantitative estimate of drug-likeness (QED) is 0.772. The Kier molecular flexibility index (Phi) is 2.72. The van der Waals surface area contributed by atoms with Crippen molar-refractivity contribution in [2.24, 2.45) is 29.6 Å². The zero-order valence-corrected chi connectivity index (χ0v) is 11.6. The Balaban J connectivity index is 1.44. The molecule has 0 aromatic carbocycles. The molecule has 1 aromatic rings. The van der Waals surface area contributed by atoms with Gasteiger partial charge in [0.2, 0.25) is 17.8 Å². The van der Waals surface area contributed by atoms with Gasteiger partial charge in [-0.25, -0.2) is 0 Å². The topological polar surface area (TPSA) is 103 Å². The van der Waals surface area contributed by atoms with Crippen LogP contribution in [0.4, 0.5) is 17.8 Å². The van der Waals surface area contributed by atoms with Crippen LogP contribution in [0.5, 0.6) is 0 Å². The van der Waals surface area contributed by atoms with Gasteiger partial charge in [0.05, 0.1) is 0 Å². The van der Waals surface area contributed by atoms with E-state index in [1.54, 1.807) is 0 Å². The Morgan fingerprint density at radius 1 is 0.850 bits per heavy atom. The van der Waals surface area contributed by atoms with Crippen molar-refractivity contribution in [1.82, 2.24) is 15.0 Å². The molecule has 0 saturated heterocycles. The summed E-state index contributed by atoms with van der Waals surface area (Å²) in [5.41, 5.74) is 11.2. The van der Waals surface area contributed by atoms with Gasteiger partial charge < -0.3 is 16.8 Å². The molecule has 20 heavy (non-hydrogen) atoms. The summed E-state index contributed by atoms with van der Waals surface area (Å²) in [4.78, 5) is 12.0. The summed E-state index contributed by atoms with van der Waals surface area (Å²) < 4.78 is 0. The molecular weight excluding hydrogens is 252 g/mol. The van der Waals surface area contributed by atoms with E-state index in [0.29, 0.717) is 5.95 Å². The lowest BCUT2D eigenvalue weighted by Gasteiger charge is -2.54. The number of aromatic nitrogens is 3. The molecule has 4 fully saturated rings. The number of nitrogen functional groups attached to an aromatic ring is 2. The molecule has 4 bridgehead atoms. The van der Waals surface area contributed by atoms with Crippen LogP contribution in [0.3, 0.4) is 0 Å². The van der Waals surface area contributed by atoms with Crippen LogP contribution in [0.15, 0.2) is 0 Å². The van der Waals surface area contributed by atoms with Gasteiger partial charge in [-0.05, 0) is 61.7 Å². The van der Waals surface area contributed by atoms with Gasteiger partial charge in [0.15, 0.2) is 0 Å². The number of rotatable bonds is 3. The van der Waals surface area contributed by atoms with Crippen LogP contribution < -0.4 is 16.8 Å². The van der Waals surface area contributed by atoms with Crippen LogP contribution in [0.25, 0.3) is 0 Å². The molecule has 1 heterocycles. The van der Waals surface area contributed by atoms with E-state index < -0.39 is 0 Å². The maximum Gasteiger partial charge on any atom is 0.229 e. The Labute approximate surface area is 118 Å². The van der Waals surface area contributed by atoms with E-state index in [2.05, 4.69) is 20.3 Å². The molecule has 4 saturated carbocycles. The molecule has 4 aliphatic rings. The number of hydrogen-bond donors (Lipinski definition) is 3. The normalized spacial score (nSPS) is 38.1. The van der Waals surface area contributed by atoms with Gasteiger partial charge in [0.25, 0.3) is 0 Å². The largest absolute Gasteiger partial charge is 0.368 e. The highest BCUT2D eigenvalue weighted by Crippen LogP contribution is 2.56. The highest BCUT2D eigenvalue weighted by Gasteiger charge is 2.47. The maximum atomic E-state index is 5.60. The van der Waals surface area contributed by atoms with Gasteiger partial charge in [-0.15, -0.1) is 0 Å². The maximum absolute atomic E-state index is 5.60. The fourth-order valence-electron chi connectivity index (χ4n) is 5.07. The molecule has 0 amide bonds. The lowest BCUT2D eigenvalue weighted by Crippen LogP contribution is -2.47. The zero-order chi connectivity index (χ0) is 13.7. The summed E-state index contributed by atoms with van der Waals surface area (Å²) in [6.07, 6.45) is 7.22. The number of nitrogens with zero attached hydrogens (tertiary/aromatic N) is 3. The first-order valence-electron chi connectivity index (χ1n) is 7.68. The second kappa shape index (κ2) is 4.46. The van der Waals surface area contributed by atoms with Crippen molar-refractivity contribution in [2.45, 2.75) is 32.1 Å². The Morgan fingerprint density at radius 3 is 1.95 bits per heavy atom. The van der Waals surface area contributed by atoms with E-state index in [4.69, 9.17) is 11.5 Å². The van der Waals surface area contributed by atoms with Crippen LogP contribution in [0, 0.1) is 29.6 Å². The molecule has 0 radical (unpaired) electrons. The van der Waals surface area contributed by atoms with E-state index in [1.807, 2.05) is 0 Å². The van der Waals surface area contributed by atoms with Crippen molar-refractivity contribution < 1.29 is 0 Å². The van der Waals surface area contributed by atoms with Crippen LogP contribution >= 0.6 is 0 Å². The van der Waals surface area contributed by atoms with Crippen molar-refractivity contribution in [3.05, 3.63) is 0 Å². The molecule has 1 aromatic heterocycles. The summed E-state index contributed by atoms with van der Waals surface area (Å²) in [7, 11) is 0. The predicted octanol–water partition coefficient (Wildman–Crippen LogP) is 1.52. The Hall–Kier alpha value is -1.59. The second-order valence-corrected chi connectivity index (χ2v) is 6.85. The fourth-order valence-corrected chi connectivity index (χ4v) is 5.07. The minimum absolute atomic E-state index is 0.185. The van der Waals surface area contributed by atoms with Gasteiger partial charge in [0.1, 0.15) is 0 Å². The smallest absolute Gasteiger partial charge is 0.229 e. The van der Waals surface area contributed by atoms with E-state index in [0.717, 1.165) is 36.1 Å². The standard InChI is InChI=1S/C14H22N6/c15-12-18-13(16)20-14(19-12)17-6-11-9-2-7-1-8(4-9)5-10(11)3-7/h7-11H,1-6H2,(H5,15,16,17,18,19,20). The van der Waals surface area contributed by atoms with Crippen LogP contribution in [0.1, 0.15) is 32.1 Å². The molecule has 5 rings (SSSR count). The monoisotopic (exact) mass is 274 g/mol. The summed E-state index contributed by atoms with van der Waals surface area (Å²) in [6, 6.07) is 0. The number of anilines is 3. The van der Waals surface area contributed by atoms with E-state index in [-0.39, 0.29) is 11.9 Å². The van der Waals surface area contributed by atoms with E-state index in [1.165, 1.54) is 32.1 Å². The van der Waals surface area contributed by atoms with E-state index >= 15 is 0 Å². The minimum Gasteiger partial charge on any atom is -0.368 e. The summed E-state index contributed by atoms with van der Waals surface area (Å²) in [6.45, 7) is 0.942. The lowest BCUT2D eigenvalue weighted by molar-refractivity contribution is -0.0306. The first-order valence-corrected chi connectivity index (χ1v) is 7.68. The second-order valence-electron chi connectivity index (χ2n) is 6.85. The third kappa shape index (κ3) is 2.07. The predicted molar refractivity (Wildman–Crippen MR) is 77.7 cm³/mol. The first-order chi connectivity index (χ1) is 9.67. The van der Waals surface area contributed by atoms with Crippen molar-refractivity contribution in [3.63, 3.8) is 0 Å². The third-order valence-electron chi connectivity index (χ3n) is 5.59. The fraction of sp³-hybridized carbons (Fsp3) is 0.786. The van der Waals surface area contributed by atoms with Crippen LogP contribution in [-0.2, 0) is 0 Å². The molecule has 6 nitrogen and oxygen atoms in total. The molecule has 0 atom stereocenters. The Bertz CT molecular complexity index is 468. The lowest BCUT2D eigenvalue weighted by atomic mass is 9.52. The van der Waals surface area contributed by atoms with Crippen LogP contribution in [-0.4, -0.2) is 21.5 Å². The van der Waals surface area contributed by atoms with Crippen molar-refractivity contribution in [1.29, 1.82) is 0 Å². The number of nitrogens with two attached hydrogens (primary N) is 2. The molecule has 0 aliphatic heterocycles. The molecule has 0 spiro atoms. The molecular formula is C14H22N6. The highest BCUT2D eigenvalue weighted by molar-refractivity contribution is 5.37. The summed E-state index contributed by atoms with van der Waals surface area (Å²) in [5.74, 6) is 5.47. The van der Waals surface area contributed by atoms with Gasteiger partial charge in [-0.1, -0.05) is 0 Å². The molecule has 6 heteroatoms. The van der Waals surface area contributed by atoms with Gasteiger partial charge in [0, 0.05) is 6.54 Å². The molecule has 108 valence electrons. The number of hydrogen-bond acceptors (Lipinski definition) is 6. The van der Waals surface area contributed by atoms with Crippen LogP contribution in [0.2, 0.25) is 0 Å². The third-order valence-corrected chi connectivity index (χ3v) is 5.59. The first kappa shape index (κ1) is 12.2. The minimum atomic E-state index is 0.185. The molecule has 5 N–H and O–H groups in total. The van der Waals surface area contributed by atoms with E-state index in [9.17, 15) is 0 Å². The Morgan fingerprint density at radius 2 is 1.40 bits per heavy atom. The zero-order valence-electron chi connectivity index (χ0n) is 11.6. The van der Waals surface area contributed by atoms with Crippen molar-refractivity contribution in [3.8, 4) is 0 Å². The number of nitrogens with one attached hydrogen (secondary N) is 1. The SMILES string of the molecule is Nc1nc(N)nc(NCC2C3CC4CC(C3)CC2C4)n1. The summed E-state index contributed by atoms with van der Waals surface area (Å²) in [5, 5.41) is 3.33. The average Bonchev–Trinajstić information content (AvgIpc) is 2.35. The molecule has 0 unspecified atom stereocenters. The van der Waals surface area contributed by atoms with Gasteiger partial charge in [-0.3, -0.25) is 0 Å².